The van der Waals surface area contributed by atoms with Crippen molar-refractivity contribution in [1.29, 1.82) is 0 Å². The van der Waals surface area contributed by atoms with Crippen LogP contribution < -0.4 is 4.74 Å². The van der Waals surface area contributed by atoms with E-state index in [4.69, 9.17) is 9.84 Å². The molecule has 1 atom stereocenters. The number of aliphatic hydroxyl groups excluding tert-OH is 1. The van der Waals surface area contributed by atoms with Crippen molar-refractivity contribution in [3.05, 3.63) is 28.2 Å². The highest BCUT2D eigenvalue weighted by molar-refractivity contribution is 5.93. The zero-order valence-corrected chi connectivity index (χ0v) is 9.17. The van der Waals surface area contributed by atoms with Crippen molar-refractivity contribution in [2.75, 3.05) is 13.7 Å². The van der Waals surface area contributed by atoms with E-state index in [0.29, 0.717) is 17.5 Å². The predicted molar refractivity (Wildman–Crippen MR) is 58.4 cm³/mol. The summed E-state index contributed by atoms with van der Waals surface area (Å²) in [6, 6.07) is 2.88. The van der Waals surface area contributed by atoms with Crippen LogP contribution in [0, 0.1) is 4.91 Å². The van der Waals surface area contributed by atoms with Crippen molar-refractivity contribution in [2.24, 2.45) is 5.18 Å². The van der Waals surface area contributed by atoms with Crippen LogP contribution in [-0.4, -0.2) is 30.9 Å². The second kappa shape index (κ2) is 4.50. The molecule has 2 rings (SSSR count). The number of carbonyl (C=O) groups excluding carboxylic acids is 1. The van der Waals surface area contributed by atoms with Crippen LogP contribution in [0.5, 0.6) is 5.75 Å². The van der Waals surface area contributed by atoms with Gasteiger partial charge in [-0.2, -0.15) is 0 Å². The highest BCUT2D eigenvalue weighted by atomic mass is 16.5. The first-order valence-corrected chi connectivity index (χ1v) is 5.06. The highest BCUT2D eigenvalue weighted by Gasteiger charge is 2.30. The molecule has 0 amide bonds. The molecule has 0 saturated heterocycles. The molecule has 0 aromatic heterocycles. The first kappa shape index (κ1) is 11.5. The van der Waals surface area contributed by atoms with Crippen LogP contribution in [0.4, 0.5) is 5.69 Å². The second-order valence-electron chi connectivity index (χ2n) is 3.65. The number of fused-ring (bicyclic) bond motifs is 1. The fraction of sp³-hybridized carbons (Fsp3) is 0.364. The molecule has 0 aliphatic carbocycles. The average molecular weight is 237 g/mol. The molecule has 0 saturated carbocycles. The molecule has 0 fully saturated rings. The van der Waals surface area contributed by atoms with Gasteiger partial charge in [-0.1, -0.05) is 0 Å². The van der Waals surface area contributed by atoms with Gasteiger partial charge < -0.3 is 14.6 Å². The minimum absolute atomic E-state index is 0.128. The van der Waals surface area contributed by atoms with E-state index in [0.717, 1.165) is 0 Å². The number of methoxy groups -OCH3 is 1. The molecule has 1 aromatic carbocycles. The Morgan fingerprint density at radius 1 is 1.65 bits per heavy atom. The zero-order valence-electron chi connectivity index (χ0n) is 9.17. The summed E-state index contributed by atoms with van der Waals surface area (Å²) in [6.45, 7) is -0.187. The Hall–Kier alpha value is -1.95. The lowest BCUT2D eigenvalue weighted by Gasteiger charge is -2.06. The van der Waals surface area contributed by atoms with Gasteiger partial charge in [-0.3, -0.25) is 0 Å². The number of hydrogen-bond acceptors (Lipinski definition) is 6. The van der Waals surface area contributed by atoms with Gasteiger partial charge in [0.15, 0.2) is 5.75 Å². The molecule has 1 aliphatic rings. The molecule has 6 nitrogen and oxygen atoms in total. The Balaban J connectivity index is 2.50. The quantitative estimate of drug-likeness (QED) is 0.630. The molecule has 17 heavy (non-hydrogen) atoms. The van der Waals surface area contributed by atoms with Crippen LogP contribution in [0.25, 0.3) is 0 Å². The number of ether oxygens (including phenoxy) is 2. The monoisotopic (exact) mass is 237 g/mol. The van der Waals surface area contributed by atoms with Crippen LogP contribution in [0.2, 0.25) is 0 Å². The van der Waals surface area contributed by atoms with Crippen molar-refractivity contribution in [2.45, 2.75) is 12.5 Å². The minimum Gasteiger partial charge on any atom is -0.485 e. The van der Waals surface area contributed by atoms with Gasteiger partial charge in [0.2, 0.25) is 0 Å². The summed E-state index contributed by atoms with van der Waals surface area (Å²) in [5.74, 6) is -0.233. The number of esters is 1. The molecule has 1 aromatic rings. The summed E-state index contributed by atoms with van der Waals surface area (Å²) in [6.07, 6.45) is -0.0871. The molecular formula is C11H11NO5. The molecule has 0 bridgehead atoms. The van der Waals surface area contributed by atoms with Gasteiger partial charge in [0.1, 0.15) is 11.8 Å². The lowest BCUT2D eigenvalue weighted by atomic mass is 10.0. The first-order valence-electron chi connectivity index (χ1n) is 5.06. The third-order valence-electron chi connectivity index (χ3n) is 2.66. The molecule has 6 heteroatoms. The maximum absolute atomic E-state index is 11.5. The Labute approximate surface area is 97.1 Å². The average Bonchev–Trinajstić information content (AvgIpc) is 2.80. The molecule has 0 radical (unpaired) electrons. The maximum atomic E-state index is 11.5. The minimum atomic E-state index is -0.499. The van der Waals surface area contributed by atoms with E-state index in [-0.39, 0.29) is 18.0 Å². The fourth-order valence-corrected chi connectivity index (χ4v) is 1.86. The van der Waals surface area contributed by atoms with Crippen molar-refractivity contribution < 1.29 is 19.4 Å². The number of nitroso groups, excluding NO2 is 1. The molecular weight excluding hydrogens is 226 g/mol. The van der Waals surface area contributed by atoms with E-state index < -0.39 is 12.1 Å². The second-order valence-corrected chi connectivity index (χ2v) is 3.65. The van der Waals surface area contributed by atoms with Gasteiger partial charge in [0, 0.05) is 12.0 Å². The Morgan fingerprint density at radius 3 is 3.00 bits per heavy atom. The number of rotatable bonds is 3. The molecule has 1 aliphatic heterocycles. The number of hydrogen-bond donors (Lipinski definition) is 1. The van der Waals surface area contributed by atoms with Crippen molar-refractivity contribution >= 4 is 11.7 Å². The van der Waals surface area contributed by atoms with Gasteiger partial charge >= 0.3 is 5.97 Å². The van der Waals surface area contributed by atoms with Crippen LogP contribution >= 0.6 is 0 Å². The topological polar surface area (TPSA) is 85.2 Å². The fourth-order valence-electron chi connectivity index (χ4n) is 1.86. The number of aliphatic hydroxyl groups is 1. The van der Waals surface area contributed by atoms with Gasteiger partial charge in [-0.25, -0.2) is 4.79 Å². The molecule has 90 valence electrons. The van der Waals surface area contributed by atoms with Gasteiger partial charge in [-0.15, -0.1) is 4.91 Å². The van der Waals surface area contributed by atoms with Gasteiger partial charge in [0.25, 0.3) is 0 Å². The van der Waals surface area contributed by atoms with Gasteiger partial charge in [-0.05, 0) is 17.3 Å². The van der Waals surface area contributed by atoms with E-state index in [1.54, 1.807) is 0 Å². The summed E-state index contributed by atoms with van der Waals surface area (Å²) in [5.41, 5.74) is 1.03. The Morgan fingerprint density at radius 2 is 2.41 bits per heavy atom. The number of carbonyl (C=O) groups is 1. The van der Waals surface area contributed by atoms with Crippen LogP contribution in [0.15, 0.2) is 17.3 Å². The van der Waals surface area contributed by atoms with Crippen LogP contribution in [0.3, 0.4) is 0 Å². The summed E-state index contributed by atoms with van der Waals surface area (Å²) >= 11 is 0. The molecule has 1 N–H and O–H groups in total. The number of benzene rings is 1. The molecule has 1 unspecified atom stereocenters. The predicted octanol–water partition coefficient (Wildman–Crippen LogP) is 1.17. The zero-order chi connectivity index (χ0) is 12.4. The summed E-state index contributed by atoms with van der Waals surface area (Å²) in [5, 5.41) is 11.9. The summed E-state index contributed by atoms with van der Waals surface area (Å²) in [7, 11) is 1.28. The third-order valence-corrected chi connectivity index (χ3v) is 2.66. The lowest BCUT2D eigenvalue weighted by molar-refractivity contribution is 0.0599. The van der Waals surface area contributed by atoms with Crippen molar-refractivity contribution in [3.63, 3.8) is 0 Å². The van der Waals surface area contributed by atoms with Gasteiger partial charge in [0.05, 0.1) is 19.3 Å². The summed E-state index contributed by atoms with van der Waals surface area (Å²) < 4.78 is 10.0. The van der Waals surface area contributed by atoms with Crippen molar-refractivity contribution in [1.82, 2.24) is 0 Å². The Kier molecular flexibility index (Phi) is 3.06. The van der Waals surface area contributed by atoms with Crippen molar-refractivity contribution in [3.8, 4) is 5.75 Å². The van der Waals surface area contributed by atoms with Crippen LogP contribution in [-0.2, 0) is 11.2 Å². The van der Waals surface area contributed by atoms with Crippen LogP contribution in [0.1, 0.15) is 15.9 Å². The maximum Gasteiger partial charge on any atom is 0.338 e. The standard InChI is InChI=1S/C11H11NO5/c1-16-11(14)7-2-3-9(12-15)10-8(7)4-6(5-13)17-10/h2-3,6,13H,4-5H2,1H3. The van der Waals surface area contributed by atoms with E-state index in [9.17, 15) is 9.70 Å². The molecule has 1 heterocycles. The molecule has 0 spiro atoms. The van der Waals surface area contributed by atoms with E-state index in [1.165, 1.54) is 19.2 Å². The smallest absolute Gasteiger partial charge is 0.338 e. The normalized spacial score (nSPS) is 17.2. The Bertz CT molecular complexity index is 471. The first-order chi connectivity index (χ1) is 8.21. The highest BCUT2D eigenvalue weighted by Crippen LogP contribution is 2.40. The summed E-state index contributed by atoms with van der Waals surface area (Å²) in [4.78, 5) is 22.1. The number of nitrogens with zero attached hydrogens (tertiary/aromatic N) is 1. The lowest BCUT2D eigenvalue weighted by Crippen LogP contribution is -2.17. The van der Waals surface area contributed by atoms with E-state index in [1.807, 2.05) is 0 Å². The largest absolute Gasteiger partial charge is 0.485 e. The van der Waals surface area contributed by atoms with E-state index in [2.05, 4.69) is 9.91 Å². The third kappa shape index (κ3) is 1.87. The van der Waals surface area contributed by atoms with E-state index >= 15 is 0 Å². The SMILES string of the molecule is COC(=O)c1ccc(N=O)c2c1CC(CO)O2.